The summed E-state index contributed by atoms with van der Waals surface area (Å²) in [5.74, 6) is -1.62. The van der Waals surface area contributed by atoms with E-state index < -0.39 is 18.4 Å². The molecule has 0 aliphatic carbocycles. The number of nitrogens with one attached hydrogen (secondary N) is 1. The number of aromatic nitrogens is 1. The van der Waals surface area contributed by atoms with Gasteiger partial charge in [0, 0.05) is 30.2 Å². The summed E-state index contributed by atoms with van der Waals surface area (Å²) in [6, 6.07) is 6.39. The van der Waals surface area contributed by atoms with Gasteiger partial charge < -0.3 is 14.8 Å². The monoisotopic (exact) mass is 346 g/mol. The van der Waals surface area contributed by atoms with Crippen LogP contribution in [-0.4, -0.2) is 45.6 Å². The van der Waals surface area contributed by atoms with Gasteiger partial charge in [-0.05, 0) is 45.7 Å². The van der Waals surface area contributed by atoms with Crippen molar-refractivity contribution in [1.29, 1.82) is 0 Å². The van der Waals surface area contributed by atoms with Crippen LogP contribution in [0, 0.1) is 0 Å². The average Bonchev–Trinajstić information content (AvgIpc) is 2.90. The maximum absolute atomic E-state index is 11.6. The number of H-pyrrole nitrogens is 1. The standard InChI is InChI=1S/C19H26N2O4/c1-12(2)21(13(3)4)9-8-14-11-20-19-15(14)6-5-7-16(19)25-18(24)10-17(22)23/h5-7,11-13,20H,8-10H2,1-4H3,(H,22,23). The first-order valence-electron chi connectivity index (χ1n) is 8.56. The molecule has 1 aromatic carbocycles. The highest BCUT2D eigenvalue weighted by Crippen LogP contribution is 2.28. The van der Waals surface area contributed by atoms with Crippen LogP contribution in [0.5, 0.6) is 5.75 Å². The Kier molecular flexibility index (Phi) is 6.20. The third-order valence-electron chi connectivity index (χ3n) is 4.25. The van der Waals surface area contributed by atoms with E-state index in [1.807, 2.05) is 18.3 Å². The molecule has 0 saturated heterocycles. The molecule has 0 bridgehead atoms. The van der Waals surface area contributed by atoms with Gasteiger partial charge in [-0.25, -0.2) is 0 Å². The molecule has 0 aliphatic heterocycles. The third-order valence-corrected chi connectivity index (χ3v) is 4.25. The largest absolute Gasteiger partial charge is 0.481 e. The second-order valence-electron chi connectivity index (χ2n) is 6.71. The van der Waals surface area contributed by atoms with E-state index in [1.54, 1.807) is 6.07 Å². The van der Waals surface area contributed by atoms with E-state index in [0.717, 1.165) is 29.4 Å². The summed E-state index contributed by atoms with van der Waals surface area (Å²) in [7, 11) is 0. The number of carboxylic acids is 1. The van der Waals surface area contributed by atoms with Crippen molar-refractivity contribution in [2.24, 2.45) is 0 Å². The summed E-state index contributed by atoms with van der Waals surface area (Å²) in [5, 5.41) is 9.67. The molecule has 6 heteroatoms. The molecule has 0 atom stereocenters. The van der Waals surface area contributed by atoms with Crippen molar-refractivity contribution in [3.05, 3.63) is 30.0 Å². The molecule has 0 fully saturated rings. The number of aromatic amines is 1. The number of benzene rings is 1. The number of carboxylic acid groups (broad SMARTS) is 1. The van der Waals surface area contributed by atoms with Crippen molar-refractivity contribution in [3.63, 3.8) is 0 Å². The first kappa shape index (κ1) is 19.0. The van der Waals surface area contributed by atoms with E-state index in [-0.39, 0.29) is 0 Å². The Labute approximate surface area is 147 Å². The molecule has 2 aromatic rings. The Hall–Kier alpha value is -2.34. The topological polar surface area (TPSA) is 82.6 Å². The molecule has 0 radical (unpaired) electrons. The second-order valence-corrected chi connectivity index (χ2v) is 6.71. The molecule has 1 aromatic heterocycles. The molecule has 6 nitrogen and oxygen atoms in total. The van der Waals surface area contributed by atoms with Gasteiger partial charge in [0.2, 0.25) is 0 Å². The highest BCUT2D eigenvalue weighted by atomic mass is 16.5. The van der Waals surface area contributed by atoms with Crippen molar-refractivity contribution in [3.8, 4) is 5.75 Å². The van der Waals surface area contributed by atoms with E-state index >= 15 is 0 Å². The fourth-order valence-electron chi connectivity index (χ4n) is 3.12. The lowest BCUT2D eigenvalue weighted by Gasteiger charge is -2.30. The van der Waals surface area contributed by atoms with Crippen LogP contribution in [0.15, 0.2) is 24.4 Å². The van der Waals surface area contributed by atoms with Crippen molar-refractivity contribution < 1.29 is 19.4 Å². The van der Waals surface area contributed by atoms with Crippen LogP contribution >= 0.6 is 0 Å². The predicted octanol–water partition coefficient (Wildman–Crippen LogP) is 3.21. The number of ether oxygens (including phenoxy) is 1. The zero-order valence-electron chi connectivity index (χ0n) is 15.2. The Morgan fingerprint density at radius 1 is 1.20 bits per heavy atom. The molecule has 25 heavy (non-hydrogen) atoms. The van der Waals surface area contributed by atoms with Crippen molar-refractivity contribution in [1.82, 2.24) is 9.88 Å². The second kappa shape index (κ2) is 8.16. The minimum atomic E-state index is -1.20. The number of hydrogen-bond acceptors (Lipinski definition) is 4. The smallest absolute Gasteiger partial charge is 0.322 e. The van der Waals surface area contributed by atoms with Gasteiger partial charge in [-0.3, -0.25) is 14.5 Å². The van der Waals surface area contributed by atoms with Crippen LogP contribution in [-0.2, 0) is 16.0 Å². The van der Waals surface area contributed by atoms with Gasteiger partial charge >= 0.3 is 11.9 Å². The van der Waals surface area contributed by atoms with Gasteiger partial charge in [0.15, 0.2) is 5.75 Å². The van der Waals surface area contributed by atoms with Gasteiger partial charge in [-0.1, -0.05) is 12.1 Å². The third kappa shape index (κ3) is 4.82. The summed E-state index contributed by atoms with van der Waals surface area (Å²) in [5.41, 5.74) is 1.87. The van der Waals surface area contributed by atoms with Crippen LogP contribution in [0.3, 0.4) is 0 Å². The Bertz CT molecular complexity index is 741. The van der Waals surface area contributed by atoms with Gasteiger partial charge in [0.05, 0.1) is 5.52 Å². The number of hydrogen-bond donors (Lipinski definition) is 2. The lowest BCUT2D eigenvalue weighted by molar-refractivity contribution is -0.145. The quantitative estimate of drug-likeness (QED) is 0.436. The fourth-order valence-corrected chi connectivity index (χ4v) is 3.12. The van der Waals surface area contributed by atoms with E-state index in [9.17, 15) is 9.59 Å². The van der Waals surface area contributed by atoms with E-state index in [4.69, 9.17) is 9.84 Å². The van der Waals surface area contributed by atoms with Crippen LogP contribution in [0.1, 0.15) is 39.7 Å². The van der Waals surface area contributed by atoms with Gasteiger partial charge in [-0.15, -0.1) is 0 Å². The molecular formula is C19H26N2O4. The van der Waals surface area contributed by atoms with Gasteiger partial charge in [0.1, 0.15) is 6.42 Å². The van der Waals surface area contributed by atoms with Crippen LogP contribution in [0.25, 0.3) is 10.9 Å². The Balaban J connectivity index is 2.17. The zero-order chi connectivity index (χ0) is 18.6. The fraction of sp³-hybridized carbons (Fsp3) is 0.474. The number of nitrogens with zero attached hydrogens (tertiary/aromatic N) is 1. The number of aliphatic carboxylic acids is 1. The maximum atomic E-state index is 11.6. The number of rotatable bonds is 8. The molecule has 0 amide bonds. The first-order valence-corrected chi connectivity index (χ1v) is 8.56. The van der Waals surface area contributed by atoms with E-state index in [0.29, 0.717) is 17.8 Å². The number of fused-ring (bicyclic) bond motifs is 1. The normalized spacial score (nSPS) is 11.6. The molecule has 2 rings (SSSR count). The lowest BCUT2D eigenvalue weighted by atomic mass is 10.1. The highest BCUT2D eigenvalue weighted by Gasteiger charge is 2.16. The lowest BCUT2D eigenvalue weighted by Crippen LogP contribution is -2.38. The molecule has 0 unspecified atom stereocenters. The zero-order valence-corrected chi connectivity index (χ0v) is 15.2. The molecule has 0 saturated carbocycles. The molecular weight excluding hydrogens is 320 g/mol. The van der Waals surface area contributed by atoms with Crippen LogP contribution < -0.4 is 4.74 Å². The molecule has 0 aliphatic rings. The summed E-state index contributed by atoms with van der Waals surface area (Å²) in [6.45, 7) is 9.69. The number of esters is 1. The number of carbonyl (C=O) groups excluding carboxylic acids is 1. The summed E-state index contributed by atoms with van der Waals surface area (Å²) in [4.78, 5) is 27.8. The minimum absolute atomic E-state index is 0.361. The van der Waals surface area contributed by atoms with Crippen molar-refractivity contribution >= 4 is 22.8 Å². The summed E-state index contributed by atoms with van der Waals surface area (Å²) in [6.07, 6.45) is 2.16. The minimum Gasteiger partial charge on any atom is -0.481 e. The van der Waals surface area contributed by atoms with E-state index in [2.05, 4.69) is 37.6 Å². The van der Waals surface area contributed by atoms with Crippen molar-refractivity contribution in [2.45, 2.75) is 52.6 Å². The van der Waals surface area contributed by atoms with Gasteiger partial charge in [0.25, 0.3) is 0 Å². The Morgan fingerprint density at radius 2 is 1.88 bits per heavy atom. The first-order chi connectivity index (χ1) is 11.8. The van der Waals surface area contributed by atoms with Gasteiger partial charge in [-0.2, -0.15) is 0 Å². The van der Waals surface area contributed by atoms with Crippen LogP contribution in [0.4, 0.5) is 0 Å². The van der Waals surface area contributed by atoms with Crippen molar-refractivity contribution in [2.75, 3.05) is 6.54 Å². The SMILES string of the molecule is CC(C)N(CCc1c[nH]c2c(OC(=O)CC(=O)O)cccc12)C(C)C. The molecule has 1 heterocycles. The Morgan fingerprint density at radius 3 is 2.48 bits per heavy atom. The maximum Gasteiger partial charge on any atom is 0.322 e. The predicted molar refractivity (Wildman–Crippen MR) is 96.9 cm³/mol. The van der Waals surface area contributed by atoms with Crippen LogP contribution in [0.2, 0.25) is 0 Å². The average molecular weight is 346 g/mol. The number of carbonyl (C=O) groups is 2. The molecule has 0 spiro atoms. The van der Waals surface area contributed by atoms with E-state index in [1.165, 1.54) is 0 Å². The molecule has 2 N–H and O–H groups in total. The highest BCUT2D eigenvalue weighted by molar-refractivity contribution is 5.94. The summed E-state index contributed by atoms with van der Waals surface area (Å²) >= 11 is 0. The number of para-hydroxylation sites is 1. The summed E-state index contributed by atoms with van der Waals surface area (Å²) < 4.78 is 5.19. The molecule has 136 valence electrons.